The van der Waals surface area contributed by atoms with Gasteiger partial charge >= 0.3 is 0 Å². The number of nitrogens with one attached hydrogen (secondary N) is 2. The third-order valence-electron chi connectivity index (χ3n) is 4.26. The Labute approximate surface area is 165 Å². The summed E-state index contributed by atoms with van der Waals surface area (Å²) in [5, 5.41) is 5.51. The Bertz CT molecular complexity index is 782. The molecule has 0 aliphatic rings. The van der Waals surface area contributed by atoms with Crippen molar-refractivity contribution in [3.05, 3.63) is 60.1 Å². The Kier molecular flexibility index (Phi) is 7.83. The third-order valence-corrected chi connectivity index (χ3v) is 4.26. The quantitative estimate of drug-likeness (QED) is 0.647. The number of ether oxygens (including phenoxy) is 1. The first kappa shape index (κ1) is 21.2. The Balaban J connectivity index is 1.83. The average molecular weight is 385 g/mol. The van der Waals surface area contributed by atoms with Gasteiger partial charge in [0, 0.05) is 12.6 Å². The van der Waals surface area contributed by atoms with Gasteiger partial charge in [-0.15, -0.1) is 0 Å². The highest BCUT2D eigenvalue weighted by molar-refractivity contribution is 5.95. The molecule has 2 atom stereocenters. The number of carbonyl (C=O) groups excluding carboxylic acids is 2. The SMILES string of the molecule is COc1ccc(/C=C/C(=O)NC(C)C(=O)NCC(c2ccco2)N(C)C)cc1. The van der Waals surface area contributed by atoms with Gasteiger partial charge in [-0.2, -0.15) is 0 Å². The van der Waals surface area contributed by atoms with Crippen molar-refractivity contribution in [1.29, 1.82) is 0 Å². The number of methoxy groups -OCH3 is 1. The lowest BCUT2D eigenvalue weighted by Crippen LogP contribution is -2.46. The monoisotopic (exact) mass is 385 g/mol. The zero-order valence-corrected chi connectivity index (χ0v) is 16.6. The maximum absolute atomic E-state index is 12.3. The van der Waals surface area contributed by atoms with E-state index in [9.17, 15) is 9.59 Å². The highest BCUT2D eigenvalue weighted by atomic mass is 16.5. The van der Waals surface area contributed by atoms with Crippen molar-refractivity contribution in [1.82, 2.24) is 15.5 Å². The molecule has 0 aliphatic carbocycles. The molecular formula is C21H27N3O4. The average Bonchev–Trinajstić information content (AvgIpc) is 3.20. The molecule has 2 unspecified atom stereocenters. The highest BCUT2D eigenvalue weighted by Gasteiger charge is 2.20. The van der Waals surface area contributed by atoms with Gasteiger partial charge in [0.2, 0.25) is 11.8 Å². The molecule has 0 bridgehead atoms. The first-order valence-corrected chi connectivity index (χ1v) is 9.01. The molecule has 2 N–H and O–H groups in total. The van der Waals surface area contributed by atoms with E-state index in [-0.39, 0.29) is 17.9 Å². The fourth-order valence-electron chi connectivity index (χ4n) is 2.58. The van der Waals surface area contributed by atoms with Gasteiger partial charge in [-0.3, -0.25) is 14.5 Å². The summed E-state index contributed by atoms with van der Waals surface area (Å²) in [6.45, 7) is 2.02. The van der Waals surface area contributed by atoms with Crippen LogP contribution in [0.2, 0.25) is 0 Å². The van der Waals surface area contributed by atoms with E-state index in [1.807, 2.05) is 55.4 Å². The van der Waals surface area contributed by atoms with Gasteiger partial charge in [0.25, 0.3) is 0 Å². The van der Waals surface area contributed by atoms with Crippen LogP contribution >= 0.6 is 0 Å². The van der Waals surface area contributed by atoms with Crippen molar-refractivity contribution >= 4 is 17.9 Å². The minimum atomic E-state index is -0.660. The Morgan fingerprint density at radius 2 is 1.93 bits per heavy atom. The van der Waals surface area contributed by atoms with E-state index in [1.165, 1.54) is 6.08 Å². The van der Waals surface area contributed by atoms with Crippen LogP contribution in [0.1, 0.15) is 24.3 Å². The Morgan fingerprint density at radius 1 is 1.21 bits per heavy atom. The second kappa shape index (κ2) is 10.3. The number of furan rings is 1. The molecule has 2 rings (SSSR count). The van der Waals surface area contributed by atoms with Gasteiger partial charge in [0.1, 0.15) is 17.6 Å². The molecule has 0 saturated carbocycles. The first-order chi connectivity index (χ1) is 13.4. The van der Waals surface area contributed by atoms with Gasteiger partial charge in [-0.1, -0.05) is 12.1 Å². The maximum Gasteiger partial charge on any atom is 0.244 e. The van der Waals surface area contributed by atoms with Crippen LogP contribution < -0.4 is 15.4 Å². The van der Waals surface area contributed by atoms with Crippen molar-refractivity contribution in [2.24, 2.45) is 0 Å². The summed E-state index contributed by atoms with van der Waals surface area (Å²) in [6.07, 6.45) is 4.68. The number of nitrogens with zero attached hydrogens (tertiary/aromatic N) is 1. The van der Waals surface area contributed by atoms with Crippen molar-refractivity contribution in [3.8, 4) is 5.75 Å². The van der Waals surface area contributed by atoms with Crippen LogP contribution in [0.4, 0.5) is 0 Å². The molecule has 28 heavy (non-hydrogen) atoms. The minimum Gasteiger partial charge on any atom is -0.497 e. The largest absolute Gasteiger partial charge is 0.497 e. The summed E-state index contributed by atoms with van der Waals surface area (Å²) in [7, 11) is 5.42. The normalized spacial score (nSPS) is 13.3. The van der Waals surface area contributed by atoms with Gasteiger partial charge in [0.05, 0.1) is 19.4 Å². The fourth-order valence-corrected chi connectivity index (χ4v) is 2.58. The van der Waals surface area contributed by atoms with Gasteiger partial charge in [-0.25, -0.2) is 0 Å². The summed E-state index contributed by atoms with van der Waals surface area (Å²) in [4.78, 5) is 26.3. The van der Waals surface area contributed by atoms with E-state index in [0.717, 1.165) is 17.1 Å². The first-order valence-electron chi connectivity index (χ1n) is 9.01. The smallest absolute Gasteiger partial charge is 0.244 e. The zero-order valence-electron chi connectivity index (χ0n) is 16.6. The number of amides is 2. The van der Waals surface area contributed by atoms with Crippen LogP contribution in [0.25, 0.3) is 6.08 Å². The highest BCUT2D eigenvalue weighted by Crippen LogP contribution is 2.17. The summed E-state index contributed by atoms with van der Waals surface area (Å²) >= 11 is 0. The van der Waals surface area contributed by atoms with E-state index in [2.05, 4.69) is 10.6 Å². The fraction of sp³-hybridized carbons (Fsp3) is 0.333. The van der Waals surface area contributed by atoms with Crippen molar-refractivity contribution < 1.29 is 18.7 Å². The van der Waals surface area contributed by atoms with Gasteiger partial charge < -0.3 is 19.8 Å². The topological polar surface area (TPSA) is 83.8 Å². The van der Waals surface area contributed by atoms with E-state index in [0.29, 0.717) is 6.54 Å². The van der Waals surface area contributed by atoms with E-state index < -0.39 is 6.04 Å². The molecule has 0 fully saturated rings. The summed E-state index contributed by atoms with van der Waals surface area (Å²) < 4.78 is 10.5. The number of hydrogen-bond donors (Lipinski definition) is 2. The summed E-state index contributed by atoms with van der Waals surface area (Å²) in [5.41, 5.74) is 0.861. The Hall–Kier alpha value is -3.06. The summed E-state index contributed by atoms with van der Waals surface area (Å²) in [5.74, 6) is 0.917. The van der Waals surface area contributed by atoms with Crippen LogP contribution in [0, 0.1) is 0 Å². The standard InChI is InChI=1S/C21H27N3O4/c1-15(21(26)22-14-18(24(2)3)19-6-5-13-28-19)23-20(25)12-9-16-7-10-17(27-4)11-8-16/h5-13,15,18H,14H2,1-4H3,(H,22,26)(H,23,25)/b12-9+. The number of carbonyl (C=O) groups is 2. The molecule has 0 spiro atoms. The number of rotatable bonds is 9. The zero-order chi connectivity index (χ0) is 20.5. The molecular weight excluding hydrogens is 358 g/mol. The molecule has 2 aromatic rings. The molecule has 7 nitrogen and oxygen atoms in total. The lowest BCUT2D eigenvalue weighted by molar-refractivity contribution is -0.126. The number of benzene rings is 1. The van der Waals surface area contributed by atoms with E-state index in [1.54, 1.807) is 26.4 Å². The predicted molar refractivity (Wildman–Crippen MR) is 108 cm³/mol. The predicted octanol–water partition coefficient (Wildman–Crippen LogP) is 2.23. The second-order valence-corrected chi connectivity index (χ2v) is 6.58. The Morgan fingerprint density at radius 3 is 2.50 bits per heavy atom. The van der Waals surface area contributed by atoms with Crippen LogP contribution in [0.3, 0.4) is 0 Å². The van der Waals surface area contributed by atoms with Crippen molar-refractivity contribution in [2.45, 2.75) is 19.0 Å². The van der Waals surface area contributed by atoms with Gasteiger partial charge in [-0.05, 0) is 56.9 Å². The molecule has 1 heterocycles. The molecule has 1 aromatic heterocycles. The molecule has 0 aliphatic heterocycles. The van der Waals surface area contributed by atoms with Crippen LogP contribution in [0.15, 0.2) is 53.2 Å². The summed E-state index contributed by atoms with van der Waals surface area (Å²) in [6, 6.07) is 10.2. The molecule has 2 amide bonds. The van der Waals surface area contributed by atoms with Gasteiger partial charge in [0.15, 0.2) is 0 Å². The third kappa shape index (κ3) is 6.28. The second-order valence-electron chi connectivity index (χ2n) is 6.58. The minimum absolute atomic E-state index is 0.0863. The molecule has 7 heteroatoms. The van der Waals surface area contributed by atoms with E-state index >= 15 is 0 Å². The molecule has 150 valence electrons. The maximum atomic E-state index is 12.3. The number of likely N-dealkylation sites (N-methyl/N-ethyl adjacent to an activating group) is 1. The van der Waals surface area contributed by atoms with Crippen LogP contribution in [-0.2, 0) is 9.59 Å². The van der Waals surface area contributed by atoms with Crippen LogP contribution in [0.5, 0.6) is 5.75 Å². The van der Waals surface area contributed by atoms with Crippen molar-refractivity contribution in [3.63, 3.8) is 0 Å². The molecule has 1 aromatic carbocycles. The lowest BCUT2D eigenvalue weighted by Gasteiger charge is -2.23. The lowest BCUT2D eigenvalue weighted by atomic mass is 10.2. The van der Waals surface area contributed by atoms with E-state index in [4.69, 9.17) is 9.15 Å². The van der Waals surface area contributed by atoms with Crippen molar-refractivity contribution in [2.75, 3.05) is 27.7 Å². The molecule has 0 radical (unpaired) electrons. The van der Waals surface area contributed by atoms with Crippen LogP contribution in [-0.4, -0.2) is 50.5 Å². The number of hydrogen-bond acceptors (Lipinski definition) is 5. The molecule has 0 saturated heterocycles.